The molecule has 2 unspecified atom stereocenters. The first-order valence-electron chi connectivity index (χ1n) is 6.95. The van der Waals surface area contributed by atoms with E-state index >= 15 is 0 Å². The van der Waals surface area contributed by atoms with E-state index in [0.29, 0.717) is 5.92 Å². The molecule has 0 bridgehead atoms. The van der Waals surface area contributed by atoms with Crippen LogP contribution in [0.25, 0.3) is 0 Å². The molecule has 112 valence electrons. The molecule has 5 heteroatoms. The molecule has 1 aliphatic rings. The Morgan fingerprint density at radius 3 is 2.60 bits per heavy atom. The second-order valence-corrected chi connectivity index (χ2v) is 5.34. The van der Waals surface area contributed by atoms with Gasteiger partial charge in [-0.3, -0.25) is 0 Å². The van der Waals surface area contributed by atoms with E-state index in [0.717, 1.165) is 31.7 Å². The number of rotatable bonds is 4. The molecule has 0 spiro atoms. The zero-order valence-corrected chi connectivity index (χ0v) is 11.8. The second kappa shape index (κ2) is 5.94. The van der Waals surface area contributed by atoms with Gasteiger partial charge >= 0.3 is 6.18 Å². The Hall–Kier alpha value is -1.39. The lowest BCUT2D eigenvalue weighted by Gasteiger charge is -2.19. The number of hydrogen-bond acceptors (Lipinski definition) is 2. The first-order chi connectivity index (χ1) is 9.44. The van der Waals surface area contributed by atoms with E-state index in [4.69, 9.17) is 4.74 Å². The van der Waals surface area contributed by atoms with E-state index in [2.05, 4.69) is 12.2 Å². The van der Waals surface area contributed by atoms with Gasteiger partial charge in [0.25, 0.3) is 0 Å². The van der Waals surface area contributed by atoms with Crippen molar-refractivity contribution < 1.29 is 17.9 Å². The van der Waals surface area contributed by atoms with Crippen LogP contribution in [0.3, 0.4) is 0 Å². The van der Waals surface area contributed by atoms with Crippen LogP contribution in [0.5, 0.6) is 5.75 Å². The van der Waals surface area contributed by atoms with Gasteiger partial charge in [-0.1, -0.05) is 13.3 Å². The van der Waals surface area contributed by atoms with Gasteiger partial charge in [-0.15, -0.1) is 0 Å². The maximum absolute atomic E-state index is 13.1. The van der Waals surface area contributed by atoms with Crippen LogP contribution in [-0.2, 0) is 6.18 Å². The van der Waals surface area contributed by atoms with Gasteiger partial charge in [-0.2, -0.15) is 13.2 Å². The van der Waals surface area contributed by atoms with Crippen molar-refractivity contribution in [1.82, 2.24) is 0 Å². The van der Waals surface area contributed by atoms with Crippen LogP contribution in [0.2, 0.25) is 0 Å². The number of alkyl halides is 3. The van der Waals surface area contributed by atoms with E-state index in [1.54, 1.807) is 6.07 Å². The minimum atomic E-state index is -4.38. The first kappa shape index (κ1) is 15.0. The number of benzene rings is 1. The van der Waals surface area contributed by atoms with Crippen LogP contribution >= 0.6 is 0 Å². The van der Waals surface area contributed by atoms with Crippen molar-refractivity contribution in [2.24, 2.45) is 5.92 Å². The molecular weight excluding hydrogens is 267 g/mol. The molecule has 0 amide bonds. The largest absolute Gasteiger partial charge is 0.497 e. The molecule has 1 aromatic rings. The Kier molecular flexibility index (Phi) is 4.45. The summed E-state index contributed by atoms with van der Waals surface area (Å²) in [6, 6.07) is 4.20. The normalized spacial score (nSPS) is 22.9. The fourth-order valence-electron chi connectivity index (χ4n) is 2.81. The lowest BCUT2D eigenvalue weighted by molar-refractivity contribution is -0.137. The lowest BCUT2D eigenvalue weighted by Crippen LogP contribution is -2.19. The van der Waals surface area contributed by atoms with E-state index in [-0.39, 0.29) is 17.5 Å². The standard InChI is InChI=1S/C15H20F3NO/c1-3-10-4-5-11(8-10)19-14-7-6-12(20-2)9-13(14)15(16,17)18/h6-7,9-11,19H,3-5,8H2,1-2H3. The van der Waals surface area contributed by atoms with Crippen LogP contribution in [0.1, 0.15) is 38.2 Å². The monoisotopic (exact) mass is 287 g/mol. The van der Waals surface area contributed by atoms with E-state index in [9.17, 15) is 13.2 Å². The molecule has 20 heavy (non-hydrogen) atoms. The zero-order chi connectivity index (χ0) is 14.8. The molecule has 1 N–H and O–H groups in total. The van der Waals surface area contributed by atoms with Crippen molar-refractivity contribution in [3.05, 3.63) is 23.8 Å². The summed E-state index contributed by atoms with van der Waals surface area (Å²) in [4.78, 5) is 0. The van der Waals surface area contributed by atoms with Crippen LogP contribution in [0.4, 0.5) is 18.9 Å². The number of halogens is 3. The molecule has 1 aliphatic carbocycles. The summed E-state index contributed by atoms with van der Waals surface area (Å²) < 4.78 is 44.1. The summed E-state index contributed by atoms with van der Waals surface area (Å²) in [5, 5.41) is 3.06. The average molecular weight is 287 g/mol. The SMILES string of the molecule is CCC1CCC(Nc2ccc(OC)cc2C(F)(F)F)C1. The van der Waals surface area contributed by atoms with Crippen molar-refractivity contribution >= 4 is 5.69 Å². The van der Waals surface area contributed by atoms with Crippen LogP contribution in [0, 0.1) is 5.92 Å². The quantitative estimate of drug-likeness (QED) is 0.866. The van der Waals surface area contributed by atoms with Gasteiger partial charge < -0.3 is 10.1 Å². The number of ether oxygens (including phenoxy) is 1. The maximum Gasteiger partial charge on any atom is 0.418 e. The minimum Gasteiger partial charge on any atom is -0.497 e. The summed E-state index contributed by atoms with van der Waals surface area (Å²) in [5.74, 6) is 0.848. The van der Waals surface area contributed by atoms with Gasteiger partial charge in [0, 0.05) is 11.7 Å². The Morgan fingerprint density at radius 2 is 2.05 bits per heavy atom. The molecular formula is C15H20F3NO. The maximum atomic E-state index is 13.1. The topological polar surface area (TPSA) is 21.3 Å². The molecule has 0 aromatic heterocycles. The fourth-order valence-corrected chi connectivity index (χ4v) is 2.81. The highest BCUT2D eigenvalue weighted by Crippen LogP contribution is 2.39. The summed E-state index contributed by atoms with van der Waals surface area (Å²) in [6.07, 6.45) is -0.320. The molecule has 0 aliphatic heterocycles. The molecule has 2 nitrogen and oxygen atoms in total. The van der Waals surface area contributed by atoms with Gasteiger partial charge in [-0.25, -0.2) is 0 Å². The van der Waals surface area contributed by atoms with Crippen molar-refractivity contribution in [2.75, 3.05) is 12.4 Å². The number of methoxy groups -OCH3 is 1. The molecule has 1 fully saturated rings. The predicted molar refractivity (Wildman–Crippen MR) is 73.0 cm³/mol. The highest BCUT2D eigenvalue weighted by molar-refractivity contribution is 5.56. The van der Waals surface area contributed by atoms with E-state index in [1.807, 2.05) is 0 Å². The van der Waals surface area contributed by atoms with E-state index in [1.165, 1.54) is 13.2 Å². The molecule has 0 saturated heterocycles. The van der Waals surface area contributed by atoms with Gasteiger partial charge in [0.1, 0.15) is 5.75 Å². The fraction of sp³-hybridized carbons (Fsp3) is 0.600. The number of anilines is 1. The second-order valence-electron chi connectivity index (χ2n) is 5.34. The summed E-state index contributed by atoms with van der Waals surface area (Å²) >= 11 is 0. The Bertz CT molecular complexity index is 459. The summed E-state index contributed by atoms with van der Waals surface area (Å²) in [5.41, 5.74) is -0.503. The van der Waals surface area contributed by atoms with Crippen molar-refractivity contribution in [2.45, 2.75) is 44.8 Å². The van der Waals surface area contributed by atoms with Gasteiger partial charge in [-0.05, 0) is 43.4 Å². The smallest absolute Gasteiger partial charge is 0.418 e. The number of nitrogens with one attached hydrogen (secondary N) is 1. The zero-order valence-electron chi connectivity index (χ0n) is 11.8. The summed E-state index contributed by atoms with van der Waals surface area (Å²) in [7, 11) is 1.37. The predicted octanol–water partition coefficient (Wildman–Crippen LogP) is 4.70. The highest BCUT2D eigenvalue weighted by Gasteiger charge is 2.35. The molecule has 0 heterocycles. The average Bonchev–Trinajstić information content (AvgIpc) is 2.85. The summed E-state index contributed by atoms with van der Waals surface area (Å²) in [6.45, 7) is 2.13. The Labute approximate surface area is 117 Å². The highest BCUT2D eigenvalue weighted by atomic mass is 19.4. The van der Waals surface area contributed by atoms with Gasteiger partial charge in [0.2, 0.25) is 0 Å². The third kappa shape index (κ3) is 3.38. The number of hydrogen-bond donors (Lipinski definition) is 1. The van der Waals surface area contributed by atoms with Crippen LogP contribution in [-0.4, -0.2) is 13.2 Å². The first-order valence-corrected chi connectivity index (χ1v) is 6.95. The lowest BCUT2D eigenvalue weighted by atomic mass is 10.1. The molecule has 1 saturated carbocycles. The van der Waals surface area contributed by atoms with Gasteiger partial charge in [0.05, 0.1) is 12.7 Å². The van der Waals surface area contributed by atoms with Crippen molar-refractivity contribution in [1.29, 1.82) is 0 Å². The Morgan fingerprint density at radius 1 is 1.30 bits per heavy atom. The van der Waals surface area contributed by atoms with Crippen molar-refractivity contribution in [3.8, 4) is 5.75 Å². The Balaban J connectivity index is 2.19. The van der Waals surface area contributed by atoms with Gasteiger partial charge in [0.15, 0.2) is 0 Å². The van der Waals surface area contributed by atoms with Crippen LogP contribution < -0.4 is 10.1 Å². The minimum absolute atomic E-state index is 0.134. The third-order valence-corrected chi connectivity index (χ3v) is 4.01. The van der Waals surface area contributed by atoms with Crippen LogP contribution in [0.15, 0.2) is 18.2 Å². The molecule has 0 radical (unpaired) electrons. The molecule has 2 atom stereocenters. The van der Waals surface area contributed by atoms with E-state index < -0.39 is 11.7 Å². The van der Waals surface area contributed by atoms with Crippen molar-refractivity contribution in [3.63, 3.8) is 0 Å². The molecule has 1 aromatic carbocycles. The molecule has 2 rings (SSSR count). The third-order valence-electron chi connectivity index (χ3n) is 4.01.